The van der Waals surface area contributed by atoms with Crippen molar-refractivity contribution in [1.29, 1.82) is 0 Å². The second-order valence-corrected chi connectivity index (χ2v) is 7.65. The topological polar surface area (TPSA) is 32.7 Å². The lowest BCUT2D eigenvalue weighted by Crippen LogP contribution is -2.43. The smallest absolute Gasteiger partial charge is 0.0949 e. The second kappa shape index (κ2) is 8.53. The van der Waals surface area contributed by atoms with Crippen LogP contribution in [0.25, 0.3) is 0 Å². The molecule has 140 valence electrons. The average molecular weight is 374 g/mol. The van der Waals surface area contributed by atoms with Crippen LogP contribution in [-0.4, -0.2) is 42.9 Å². The van der Waals surface area contributed by atoms with Gasteiger partial charge in [0.1, 0.15) is 0 Å². The van der Waals surface area contributed by atoms with Crippen molar-refractivity contribution in [3.8, 4) is 0 Å². The highest BCUT2D eigenvalue weighted by Crippen LogP contribution is 2.38. The number of morpholine rings is 1. The van der Waals surface area contributed by atoms with Crippen LogP contribution in [0.1, 0.15) is 36.5 Å². The minimum Gasteiger partial charge on any atom is -0.385 e. The molecule has 1 fully saturated rings. The highest BCUT2D eigenvalue weighted by molar-refractivity contribution is 6.30. The largest absolute Gasteiger partial charge is 0.385 e. The Hall–Kier alpha value is -1.39. The fraction of sp³-hybridized carbons (Fsp3) is 0.455. The minimum absolute atomic E-state index is 0.0506. The SMILES string of the molecule is CCc1ccc([C@](C)(O)[C@H](CN2CCOCC2)c2ccc(Cl)cc2)cc1. The van der Waals surface area contributed by atoms with Gasteiger partial charge in [-0.2, -0.15) is 0 Å². The summed E-state index contributed by atoms with van der Waals surface area (Å²) in [6.07, 6.45) is 0.997. The molecule has 0 aromatic heterocycles. The van der Waals surface area contributed by atoms with Crippen LogP contribution in [0, 0.1) is 0 Å². The van der Waals surface area contributed by atoms with Crippen molar-refractivity contribution in [3.63, 3.8) is 0 Å². The molecule has 0 saturated carbocycles. The van der Waals surface area contributed by atoms with Crippen molar-refractivity contribution < 1.29 is 9.84 Å². The molecule has 1 N–H and O–H groups in total. The lowest BCUT2D eigenvalue weighted by atomic mass is 9.78. The lowest BCUT2D eigenvalue weighted by molar-refractivity contribution is -0.0107. The van der Waals surface area contributed by atoms with E-state index in [1.165, 1.54) is 5.56 Å². The van der Waals surface area contributed by atoms with Crippen molar-refractivity contribution in [3.05, 3.63) is 70.2 Å². The standard InChI is InChI=1S/C22H28ClNO2/c1-3-17-4-8-19(9-5-17)22(2,25)21(16-24-12-14-26-15-13-24)18-6-10-20(23)11-7-18/h4-11,21,25H,3,12-16H2,1-2H3/t21-,22+/m1/s1. The third kappa shape index (κ3) is 4.47. The Labute approximate surface area is 161 Å². The molecule has 2 atom stereocenters. The Morgan fingerprint density at radius 2 is 1.69 bits per heavy atom. The second-order valence-electron chi connectivity index (χ2n) is 7.22. The molecule has 26 heavy (non-hydrogen) atoms. The number of aryl methyl sites for hydroxylation is 1. The predicted octanol–water partition coefficient (Wildman–Crippen LogP) is 4.23. The molecule has 0 bridgehead atoms. The maximum atomic E-state index is 11.6. The quantitative estimate of drug-likeness (QED) is 0.822. The first-order chi connectivity index (χ1) is 12.5. The van der Waals surface area contributed by atoms with Crippen LogP contribution in [0.15, 0.2) is 48.5 Å². The third-order valence-corrected chi connectivity index (χ3v) is 5.69. The molecule has 0 spiro atoms. The van der Waals surface area contributed by atoms with E-state index >= 15 is 0 Å². The van der Waals surface area contributed by atoms with Crippen molar-refractivity contribution >= 4 is 11.6 Å². The number of nitrogens with zero attached hydrogens (tertiary/aromatic N) is 1. The number of ether oxygens (including phenoxy) is 1. The van der Waals surface area contributed by atoms with Gasteiger partial charge in [-0.05, 0) is 42.2 Å². The summed E-state index contributed by atoms with van der Waals surface area (Å²) in [6.45, 7) is 8.15. The first-order valence-electron chi connectivity index (χ1n) is 9.38. The highest BCUT2D eigenvalue weighted by Gasteiger charge is 2.36. The van der Waals surface area contributed by atoms with Crippen molar-refractivity contribution in [2.45, 2.75) is 31.8 Å². The molecule has 0 radical (unpaired) electrons. The summed E-state index contributed by atoms with van der Waals surface area (Å²) in [4.78, 5) is 2.37. The van der Waals surface area contributed by atoms with Gasteiger partial charge in [0, 0.05) is 30.6 Å². The average Bonchev–Trinajstić information content (AvgIpc) is 2.68. The summed E-state index contributed by atoms with van der Waals surface area (Å²) in [5, 5.41) is 12.3. The molecule has 1 saturated heterocycles. The first-order valence-corrected chi connectivity index (χ1v) is 9.76. The molecule has 0 unspecified atom stereocenters. The molecule has 0 aliphatic carbocycles. The van der Waals surface area contributed by atoms with E-state index in [-0.39, 0.29) is 5.92 Å². The fourth-order valence-electron chi connectivity index (χ4n) is 3.62. The van der Waals surface area contributed by atoms with Gasteiger partial charge in [-0.15, -0.1) is 0 Å². The molecule has 3 rings (SSSR count). The van der Waals surface area contributed by atoms with E-state index in [0.29, 0.717) is 5.02 Å². The van der Waals surface area contributed by atoms with Crippen LogP contribution in [0.3, 0.4) is 0 Å². The molecular formula is C22H28ClNO2. The van der Waals surface area contributed by atoms with Crippen LogP contribution in [0.4, 0.5) is 0 Å². The van der Waals surface area contributed by atoms with Gasteiger partial charge in [0.15, 0.2) is 0 Å². The van der Waals surface area contributed by atoms with Crippen molar-refractivity contribution in [2.75, 3.05) is 32.8 Å². The van der Waals surface area contributed by atoms with E-state index < -0.39 is 5.60 Å². The van der Waals surface area contributed by atoms with Gasteiger partial charge in [0.05, 0.1) is 18.8 Å². The van der Waals surface area contributed by atoms with Crippen LogP contribution >= 0.6 is 11.6 Å². The molecular weight excluding hydrogens is 346 g/mol. The summed E-state index contributed by atoms with van der Waals surface area (Å²) in [5.74, 6) is -0.0506. The number of halogens is 1. The van der Waals surface area contributed by atoms with Crippen LogP contribution < -0.4 is 0 Å². The summed E-state index contributed by atoms with van der Waals surface area (Å²) < 4.78 is 5.48. The van der Waals surface area contributed by atoms with E-state index in [4.69, 9.17) is 16.3 Å². The number of benzene rings is 2. The van der Waals surface area contributed by atoms with E-state index in [2.05, 4.69) is 36.1 Å². The Bertz CT molecular complexity index is 691. The Morgan fingerprint density at radius 3 is 2.27 bits per heavy atom. The van der Waals surface area contributed by atoms with Crippen molar-refractivity contribution in [1.82, 2.24) is 4.90 Å². The van der Waals surface area contributed by atoms with Gasteiger partial charge < -0.3 is 9.84 Å². The third-order valence-electron chi connectivity index (χ3n) is 5.44. The minimum atomic E-state index is -0.974. The first kappa shape index (κ1) is 19.4. The fourth-order valence-corrected chi connectivity index (χ4v) is 3.75. The molecule has 1 aliphatic heterocycles. The Balaban J connectivity index is 1.92. The van der Waals surface area contributed by atoms with Gasteiger partial charge >= 0.3 is 0 Å². The van der Waals surface area contributed by atoms with Crippen molar-refractivity contribution in [2.24, 2.45) is 0 Å². The Kier molecular flexibility index (Phi) is 6.36. The van der Waals surface area contributed by atoms with E-state index in [1.807, 2.05) is 31.2 Å². The van der Waals surface area contributed by atoms with Crippen LogP contribution in [0.5, 0.6) is 0 Å². The summed E-state index contributed by atoms with van der Waals surface area (Å²) in [7, 11) is 0. The normalized spacial score (nSPS) is 19.1. The maximum absolute atomic E-state index is 11.6. The highest BCUT2D eigenvalue weighted by atomic mass is 35.5. The predicted molar refractivity (Wildman–Crippen MR) is 107 cm³/mol. The number of hydrogen-bond acceptors (Lipinski definition) is 3. The van der Waals surface area contributed by atoms with Gasteiger partial charge in [0.25, 0.3) is 0 Å². The maximum Gasteiger partial charge on any atom is 0.0949 e. The Morgan fingerprint density at radius 1 is 1.08 bits per heavy atom. The van der Waals surface area contributed by atoms with E-state index in [1.54, 1.807) is 0 Å². The molecule has 2 aromatic carbocycles. The monoisotopic (exact) mass is 373 g/mol. The van der Waals surface area contributed by atoms with Gasteiger partial charge in [-0.1, -0.05) is 54.9 Å². The number of rotatable bonds is 6. The van der Waals surface area contributed by atoms with Crippen LogP contribution in [-0.2, 0) is 16.8 Å². The lowest BCUT2D eigenvalue weighted by Gasteiger charge is -2.38. The van der Waals surface area contributed by atoms with Gasteiger partial charge in [-0.3, -0.25) is 4.90 Å². The summed E-state index contributed by atoms with van der Waals surface area (Å²) in [6, 6.07) is 16.2. The van der Waals surface area contributed by atoms with Gasteiger partial charge in [-0.25, -0.2) is 0 Å². The molecule has 2 aromatic rings. The zero-order valence-corrected chi connectivity index (χ0v) is 16.4. The van der Waals surface area contributed by atoms with Crippen LogP contribution in [0.2, 0.25) is 5.02 Å². The zero-order valence-electron chi connectivity index (χ0n) is 15.6. The molecule has 3 nitrogen and oxygen atoms in total. The van der Waals surface area contributed by atoms with Gasteiger partial charge in [0.2, 0.25) is 0 Å². The molecule has 4 heteroatoms. The molecule has 1 aliphatic rings. The zero-order chi connectivity index (χ0) is 18.6. The number of hydrogen-bond donors (Lipinski definition) is 1. The molecule has 0 amide bonds. The molecule has 1 heterocycles. The van der Waals surface area contributed by atoms with E-state index in [9.17, 15) is 5.11 Å². The number of aliphatic hydroxyl groups is 1. The summed E-state index contributed by atoms with van der Waals surface area (Å²) >= 11 is 6.08. The van der Waals surface area contributed by atoms with E-state index in [0.717, 1.165) is 50.4 Å². The summed E-state index contributed by atoms with van der Waals surface area (Å²) in [5.41, 5.74) is 2.35.